The molecule has 0 radical (unpaired) electrons. The van der Waals surface area contributed by atoms with Gasteiger partial charge in [-0.3, -0.25) is 4.79 Å². The number of halogens is 1. The second-order valence-electron chi connectivity index (χ2n) is 6.54. The Bertz CT molecular complexity index is 949. The van der Waals surface area contributed by atoms with Gasteiger partial charge in [0.15, 0.2) is 0 Å². The lowest BCUT2D eigenvalue weighted by atomic mass is 10.1. The molecule has 0 aliphatic carbocycles. The van der Waals surface area contributed by atoms with Gasteiger partial charge in [-0.15, -0.1) is 11.3 Å². The largest absolute Gasteiger partial charge is 0.368 e. The minimum atomic E-state index is 0.0743. The molecule has 1 fully saturated rings. The molecule has 138 valence electrons. The van der Waals surface area contributed by atoms with Gasteiger partial charge in [-0.1, -0.05) is 48.0 Å². The highest BCUT2D eigenvalue weighted by Gasteiger charge is 2.26. The van der Waals surface area contributed by atoms with E-state index in [-0.39, 0.29) is 5.91 Å². The second kappa shape index (κ2) is 7.71. The quantitative estimate of drug-likeness (QED) is 0.640. The standard InChI is InChI=1S/C21H20ClN3OS/c1-15-23-19(16-6-3-2-4-7-16)20(27-15)21(26)25-12-10-24(11-13-25)18-9-5-8-17(22)14-18/h2-9,14H,10-13H2,1H3. The van der Waals surface area contributed by atoms with Crippen LogP contribution in [0, 0.1) is 6.92 Å². The first-order chi connectivity index (χ1) is 13.1. The van der Waals surface area contributed by atoms with Crippen LogP contribution in [0.2, 0.25) is 5.02 Å². The third kappa shape index (κ3) is 3.84. The summed E-state index contributed by atoms with van der Waals surface area (Å²) in [7, 11) is 0. The molecule has 1 aliphatic heterocycles. The Morgan fingerprint density at radius 2 is 1.78 bits per heavy atom. The normalized spacial score (nSPS) is 14.4. The number of hydrogen-bond donors (Lipinski definition) is 0. The van der Waals surface area contributed by atoms with Crippen LogP contribution in [0.5, 0.6) is 0 Å². The number of anilines is 1. The maximum Gasteiger partial charge on any atom is 0.266 e. The van der Waals surface area contributed by atoms with Crippen molar-refractivity contribution < 1.29 is 4.79 Å². The maximum absolute atomic E-state index is 13.2. The number of hydrogen-bond acceptors (Lipinski definition) is 4. The highest BCUT2D eigenvalue weighted by atomic mass is 35.5. The zero-order valence-corrected chi connectivity index (χ0v) is 16.6. The first-order valence-electron chi connectivity index (χ1n) is 8.94. The zero-order chi connectivity index (χ0) is 18.8. The molecule has 0 N–H and O–H groups in total. The van der Waals surface area contributed by atoms with E-state index in [1.807, 2.05) is 60.4 Å². The monoisotopic (exact) mass is 397 g/mol. The molecule has 0 unspecified atom stereocenters. The third-order valence-electron chi connectivity index (χ3n) is 4.72. The van der Waals surface area contributed by atoms with E-state index >= 15 is 0 Å². The van der Waals surface area contributed by atoms with Crippen molar-refractivity contribution in [3.8, 4) is 11.3 Å². The Hall–Kier alpha value is -2.37. The Labute approximate surface area is 168 Å². The minimum Gasteiger partial charge on any atom is -0.368 e. The number of carbonyl (C=O) groups excluding carboxylic acids is 1. The van der Waals surface area contributed by atoms with Gasteiger partial charge in [-0.05, 0) is 25.1 Å². The van der Waals surface area contributed by atoms with Crippen LogP contribution in [0.4, 0.5) is 5.69 Å². The summed E-state index contributed by atoms with van der Waals surface area (Å²) >= 11 is 7.58. The van der Waals surface area contributed by atoms with Gasteiger partial charge in [-0.25, -0.2) is 4.98 Å². The fraction of sp³-hybridized carbons (Fsp3) is 0.238. The van der Waals surface area contributed by atoms with Crippen molar-refractivity contribution in [3.63, 3.8) is 0 Å². The Balaban J connectivity index is 1.51. The molecule has 4 rings (SSSR count). The molecular formula is C21H20ClN3OS. The van der Waals surface area contributed by atoms with Gasteiger partial charge in [0.25, 0.3) is 5.91 Å². The van der Waals surface area contributed by atoms with Crippen molar-refractivity contribution in [2.24, 2.45) is 0 Å². The molecule has 27 heavy (non-hydrogen) atoms. The Morgan fingerprint density at radius 1 is 1.04 bits per heavy atom. The van der Waals surface area contributed by atoms with Crippen LogP contribution in [0.3, 0.4) is 0 Å². The number of amides is 1. The van der Waals surface area contributed by atoms with Crippen LogP contribution in [-0.2, 0) is 0 Å². The molecule has 0 spiro atoms. The van der Waals surface area contributed by atoms with Gasteiger partial charge < -0.3 is 9.80 Å². The van der Waals surface area contributed by atoms with Gasteiger partial charge in [0.1, 0.15) is 4.88 Å². The average Bonchev–Trinajstić information content (AvgIpc) is 3.10. The van der Waals surface area contributed by atoms with Gasteiger partial charge in [0.05, 0.1) is 10.7 Å². The summed E-state index contributed by atoms with van der Waals surface area (Å²) in [6.45, 7) is 4.92. The summed E-state index contributed by atoms with van der Waals surface area (Å²) in [5.74, 6) is 0.0743. The van der Waals surface area contributed by atoms with Crippen LogP contribution in [0.15, 0.2) is 54.6 Å². The molecule has 6 heteroatoms. The molecular weight excluding hydrogens is 378 g/mol. The molecule has 1 amide bonds. The predicted octanol–water partition coefficient (Wildman–Crippen LogP) is 4.73. The van der Waals surface area contributed by atoms with Gasteiger partial charge >= 0.3 is 0 Å². The van der Waals surface area contributed by atoms with E-state index < -0.39 is 0 Å². The smallest absolute Gasteiger partial charge is 0.266 e. The molecule has 1 aliphatic rings. The van der Waals surface area contributed by atoms with Crippen molar-refractivity contribution in [2.75, 3.05) is 31.1 Å². The maximum atomic E-state index is 13.2. The van der Waals surface area contributed by atoms with Crippen molar-refractivity contribution in [3.05, 3.63) is 69.5 Å². The lowest BCUT2D eigenvalue weighted by Crippen LogP contribution is -2.48. The summed E-state index contributed by atoms with van der Waals surface area (Å²) < 4.78 is 0. The van der Waals surface area contributed by atoms with E-state index in [4.69, 9.17) is 11.6 Å². The van der Waals surface area contributed by atoms with E-state index in [9.17, 15) is 4.79 Å². The predicted molar refractivity (Wildman–Crippen MR) is 112 cm³/mol. The van der Waals surface area contributed by atoms with Crippen LogP contribution in [-0.4, -0.2) is 42.0 Å². The first-order valence-corrected chi connectivity index (χ1v) is 10.1. The fourth-order valence-corrected chi connectivity index (χ4v) is 4.44. The van der Waals surface area contributed by atoms with Crippen LogP contribution in [0.25, 0.3) is 11.3 Å². The first kappa shape index (κ1) is 18.0. The minimum absolute atomic E-state index is 0.0743. The molecule has 2 aromatic carbocycles. The van der Waals surface area contributed by atoms with E-state index in [1.165, 1.54) is 11.3 Å². The molecule has 1 aromatic heterocycles. The summed E-state index contributed by atoms with van der Waals surface area (Å²) in [6, 6.07) is 17.8. The van der Waals surface area contributed by atoms with Crippen molar-refractivity contribution >= 4 is 34.5 Å². The van der Waals surface area contributed by atoms with Crippen molar-refractivity contribution in [2.45, 2.75) is 6.92 Å². The lowest BCUT2D eigenvalue weighted by Gasteiger charge is -2.36. The Morgan fingerprint density at radius 3 is 2.48 bits per heavy atom. The molecule has 0 atom stereocenters. The Kier molecular flexibility index (Phi) is 5.14. The number of aromatic nitrogens is 1. The van der Waals surface area contributed by atoms with E-state index in [0.29, 0.717) is 13.1 Å². The molecule has 1 saturated heterocycles. The summed E-state index contributed by atoms with van der Waals surface area (Å²) in [6.07, 6.45) is 0. The van der Waals surface area contributed by atoms with E-state index in [2.05, 4.69) is 16.0 Å². The number of benzene rings is 2. The fourth-order valence-electron chi connectivity index (χ4n) is 3.35. The zero-order valence-electron chi connectivity index (χ0n) is 15.1. The molecule has 2 heterocycles. The molecule has 4 nitrogen and oxygen atoms in total. The van der Waals surface area contributed by atoms with Gasteiger partial charge in [-0.2, -0.15) is 0 Å². The van der Waals surface area contributed by atoms with Crippen molar-refractivity contribution in [1.82, 2.24) is 9.88 Å². The summed E-state index contributed by atoms with van der Waals surface area (Å²) in [5.41, 5.74) is 2.89. The van der Waals surface area contributed by atoms with Crippen molar-refractivity contribution in [1.29, 1.82) is 0 Å². The topological polar surface area (TPSA) is 36.4 Å². The van der Waals surface area contributed by atoms with Crippen LogP contribution < -0.4 is 4.90 Å². The highest BCUT2D eigenvalue weighted by molar-refractivity contribution is 7.14. The number of piperazine rings is 1. The second-order valence-corrected chi connectivity index (χ2v) is 8.18. The highest BCUT2D eigenvalue weighted by Crippen LogP contribution is 2.30. The number of nitrogens with zero attached hydrogens (tertiary/aromatic N) is 3. The average molecular weight is 398 g/mol. The summed E-state index contributed by atoms with van der Waals surface area (Å²) in [4.78, 5) is 22.7. The number of thiazole rings is 1. The van der Waals surface area contributed by atoms with Gasteiger partial charge in [0.2, 0.25) is 0 Å². The molecule has 0 saturated carbocycles. The van der Waals surface area contributed by atoms with Crippen LogP contribution >= 0.6 is 22.9 Å². The number of rotatable bonds is 3. The SMILES string of the molecule is Cc1nc(-c2ccccc2)c(C(=O)N2CCN(c3cccc(Cl)c3)CC2)s1. The van der Waals surface area contributed by atoms with E-state index in [1.54, 1.807) is 0 Å². The number of carbonyl (C=O) groups is 1. The number of aryl methyl sites for hydroxylation is 1. The summed E-state index contributed by atoms with van der Waals surface area (Å²) in [5, 5.41) is 1.65. The lowest BCUT2D eigenvalue weighted by molar-refractivity contribution is 0.0752. The van der Waals surface area contributed by atoms with Crippen LogP contribution in [0.1, 0.15) is 14.7 Å². The molecule has 3 aromatic rings. The molecule has 0 bridgehead atoms. The van der Waals surface area contributed by atoms with E-state index in [0.717, 1.165) is 44.9 Å². The third-order valence-corrected chi connectivity index (χ3v) is 5.91. The van der Waals surface area contributed by atoms with Gasteiger partial charge in [0, 0.05) is 42.5 Å².